The quantitative estimate of drug-likeness (QED) is 0.846. The smallest absolute Gasteiger partial charge is 0.254 e. The van der Waals surface area contributed by atoms with E-state index in [-0.39, 0.29) is 18.3 Å². The van der Waals surface area contributed by atoms with Crippen LogP contribution < -0.4 is 10.1 Å². The van der Waals surface area contributed by atoms with Crippen molar-refractivity contribution in [1.29, 1.82) is 0 Å². The van der Waals surface area contributed by atoms with Gasteiger partial charge in [-0.15, -0.1) is 12.4 Å². The van der Waals surface area contributed by atoms with E-state index in [9.17, 15) is 4.79 Å². The normalized spacial score (nSPS) is 9.83. The molecule has 0 aromatic heterocycles. The van der Waals surface area contributed by atoms with E-state index in [1.165, 1.54) is 0 Å². The minimum atomic E-state index is 0. The highest BCUT2D eigenvalue weighted by molar-refractivity contribution is 5.95. The molecule has 0 radical (unpaired) electrons. The number of rotatable bonds is 7. The summed E-state index contributed by atoms with van der Waals surface area (Å²) < 4.78 is 5.76. The molecule has 0 heterocycles. The van der Waals surface area contributed by atoms with Crippen molar-refractivity contribution in [2.75, 3.05) is 27.2 Å². The number of nitrogens with zero attached hydrogens (tertiary/aromatic N) is 1. The van der Waals surface area contributed by atoms with E-state index >= 15 is 0 Å². The Labute approximate surface area is 143 Å². The van der Waals surface area contributed by atoms with Gasteiger partial charge in [0.1, 0.15) is 12.4 Å². The summed E-state index contributed by atoms with van der Waals surface area (Å²) in [6, 6.07) is 17.2. The highest BCUT2D eigenvalue weighted by atomic mass is 35.5. The number of hydrogen-bond acceptors (Lipinski definition) is 3. The highest BCUT2D eigenvalue weighted by Gasteiger charge is 2.15. The van der Waals surface area contributed by atoms with E-state index < -0.39 is 0 Å². The number of amides is 1. The van der Waals surface area contributed by atoms with Crippen LogP contribution in [-0.4, -0.2) is 38.0 Å². The first-order chi connectivity index (χ1) is 10.7. The summed E-state index contributed by atoms with van der Waals surface area (Å²) in [5.74, 6) is 0.816. The lowest BCUT2D eigenvalue weighted by Gasteiger charge is -2.19. The van der Waals surface area contributed by atoms with Gasteiger partial charge in [-0.25, -0.2) is 0 Å². The molecule has 0 aliphatic carbocycles. The maximum absolute atomic E-state index is 12.5. The van der Waals surface area contributed by atoms with Crippen molar-refractivity contribution < 1.29 is 9.53 Å². The zero-order valence-corrected chi connectivity index (χ0v) is 14.3. The molecule has 0 aliphatic rings. The van der Waals surface area contributed by atoms with Crippen LogP contribution in [0.5, 0.6) is 5.75 Å². The van der Waals surface area contributed by atoms with Crippen molar-refractivity contribution in [1.82, 2.24) is 10.2 Å². The molecule has 5 heteroatoms. The van der Waals surface area contributed by atoms with E-state index in [1.807, 2.05) is 68.7 Å². The second-order valence-corrected chi connectivity index (χ2v) is 5.09. The maximum Gasteiger partial charge on any atom is 0.254 e. The molecule has 1 N–H and O–H groups in total. The van der Waals surface area contributed by atoms with Crippen LogP contribution in [0.25, 0.3) is 0 Å². The fourth-order valence-corrected chi connectivity index (χ4v) is 2.12. The molecule has 0 saturated heterocycles. The summed E-state index contributed by atoms with van der Waals surface area (Å²) in [7, 11) is 3.69. The lowest BCUT2D eigenvalue weighted by atomic mass is 10.1. The fraction of sp³-hybridized carbons (Fsp3) is 0.278. The number of carbonyl (C=O) groups excluding carboxylic acids is 1. The van der Waals surface area contributed by atoms with Crippen LogP contribution in [0.15, 0.2) is 54.6 Å². The van der Waals surface area contributed by atoms with Gasteiger partial charge >= 0.3 is 0 Å². The van der Waals surface area contributed by atoms with Crippen LogP contribution in [0, 0.1) is 0 Å². The van der Waals surface area contributed by atoms with Gasteiger partial charge in [0.15, 0.2) is 0 Å². The van der Waals surface area contributed by atoms with E-state index in [4.69, 9.17) is 4.74 Å². The molecule has 23 heavy (non-hydrogen) atoms. The van der Waals surface area contributed by atoms with E-state index in [0.29, 0.717) is 18.7 Å². The third-order valence-corrected chi connectivity index (χ3v) is 3.43. The van der Waals surface area contributed by atoms with Crippen LogP contribution in [0.3, 0.4) is 0 Å². The van der Waals surface area contributed by atoms with Crippen molar-refractivity contribution in [3.05, 3.63) is 65.7 Å². The lowest BCUT2D eigenvalue weighted by Crippen LogP contribution is -2.33. The van der Waals surface area contributed by atoms with Crippen molar-refractivity contribution in [2.45, 2.75) is 6.61 Å². The van der Waals surface area contributed by atoms with Crippen LogP contribution in [-0.2, 0) is 6.61 Å². The Balaban J connectivity index is 0.00000264. The van der Waals surface area contributed by atoms with Gasteiger partial charge in [0.2, 0.25) is 0 Å². The summed E-state index contributed by atoms with van der Waals surface area (Å²) in [5, 5.41) is 3.05. The molecule has 1 amide bonds. The SMILES string of the molecule is CNCCN(C)C(=O)c1ccccc1COc1ccccc1.Cl. The van der Waals surface area contributed by atoms with Gasteiger partial charge in [0.05, 0.1) is 0 Å². The minimum absolute atomic E-state index is 0. The van der Waals surface area contributed by atoms with Crippen molar-refractivity contribution in [3.63, 3.8) is 0 Å². The first-order valence-corrected chi connectivity index (χ1v) is 7.38. The number of carbonyl (C=O) groups is 1. The van der Waals surface area contributed by atoms with E-state index in [0.717, 1.165) is 17.9 Å². The zero-order chi connectivity index (χ0) is 15.8. The molecule has 4 nitrogen and oxygen atoms in total. The van der Waals surface area contributed by atoms with Crippen LogP contribution in [0.4, 0.5) is 0 Å². The molecular formula is C18H23ClN2O2. The zero-order valence-electron chi connectivity index (χ0n) is 13.5. The molecule has 0 bridgehead atoms. The maximum atomic E-state index is 12.5. The molecule has 0 saturated carbocycles. The average Bonchev–Trinajstić information content (AvgIpc) is 2.58. The summed E-state index contributed by atoms with van der Waals surface area (Å²) in [6.45, 7) is 1.82. The first kappa shape index (κ1) is 19.0. The second kappa shape index (κ2) is 9.87. The molecule has 124 valence electrons. The predicted octanol–water partition coefficient (Wildman–Crippen LogP) is 2.98. The molecule has 0 fully saturated rings. The number of nitrogens with one attached hydrogen (secondary N) is 1. The van der Waals surface area contributed by atoms with Gasteiger partial charge in [-0.3, -0.25) is 4.79 Å². The van der Waals surface area contributed by atoms with Crippen molar-refractivity contribution in [3.8, 4) is 5.75 Å². The average molecular weight is 335 g/mol. The number of ether oxygens (including phenoxy) is 1. The summed E-state index contributed by atoms with van der Waals surface area (Å²) in [6.07, 6.45) is 0. The van der Waals surface area contributed by atoms with Crippen molar-refractivity contribution >= 4 is 18.3 Å². The molecule has 0 unspecified atom stereocenters. The summed E-state index contributed by atoms with van der Waals surface area (Å²) in [4.78, 5) is 14.2. The summed E-state index contributed by atoms with van der Waals surface area (Å²) >= 11 is 0. The third-order valence-electron chi connectivity index (χ3n) is 3.43. The number of halogens is 1. The molecule has 2 aromatic rings. The van der Waals surface area contributed by atoms with Gasteiger partial charge in [-0.2, -0.15) is 0 Å². The van der Waals surface area contributed by atoms with Crippen molar-refractivity contribution in [2.24, 2.45) is 0 Å². The Hall–Kier alpha value is -2.04. The molecule has 0 aliphatic heterocycles. The van der Waals surface area contributed by atoms with Crippen LogP contribution in [0.1, 0.15) is 15.9 Å². The van der Waals surface area contributed by atoms with Gasteiger partial charge in [0.25, 0.3) is 5.91 Å². The summed E-state index contributed by atoms with van der Waals surface area (Å²) in [5.41, 5.74) is 1.59. The van der Waals surface area contributed by atoms with Crippen LogP contribution in [0.2, 0.25) is 0 Å². The van der Waals surface area contributed by atoms with Gasteiger partial charge < -0.3 is 15.0 Å². The second-order valence-electron chi connectivity index (χ2n) is 5.09. The topological polar surface area (TPSA) is 41.6 Å². The largest absolute Gasteiger partial charge is 0.489 e. The number of benzene rings is 2. The monoisotopic (exact) mass is 334 g/mol. The Morgan fingerprint density at radius 3 is 2.43 bits per heavy atom. The predicted molar refractivity (Wildman–Crippen MR) is 95.4 cm³/mol. The molecular weight excluding hydrogens is 312 g/mol. The Morgan fingerprint density at radius 2 is 1.74 bits per heavy atom. The number of likely N-dealkylation sites (N-methyl/N-ethyl adjacent to an activating group) is 2. The third kappa shape index (κ3) is 5.58. The Bertz CT molecular complexity index is 605. The molecule has 2 rings (SSSR count). The minimum Gasteiger partial charge on any atom is -0.489 e. The standard InChI is InChI=1S/C18H22N2O2.ClH/c1-19-12-13-20(2)18(21)17-11-7-6-8-15(17)14-22-16-9-4-3-5-10-16;/h3-11,19H,12-14H2,1-2H3;1H. The number of para-hydroxylation sites is 1. The van der Waals surface area contributed by atoms with Gasteiger partial charge in [-0.1, -0.05) is 36.4 Å². The highest BCUT2D eigenvalue weighted by Crippen LogP contribution is 2.16. The lowest BCUT2D eigenvalue weighted by molar-refractivity contribution is 0.0794. The van der Waals surface area contributed by atoms with Gasteiger partial charge in [0, 0.05) is 31.3 Å². The van der Waals surface area contributed by atoms with E-state index in [2.05, 4.69) is 5.32 Å². The molecule has 0 atom stereocenters. The Kier molecular flexibility index (Phi) is 8.16. The molecule has 0 spiro atoms. The first-order valence-electron chi connectivity index (χ1n) is 7.38. The van der Waals surface area contributed by atoms with Gasteiger partial charge in [-0.05, 0) is 25.2 Å². The van der Waals surface area contributed by atoms with E-state index in [1.54, 1.807) is 4.90 Å². The Morgan fingerprint density at radius 1 is 1.09 bits per heavy atom. The fourth-order valence-electron chi connectivity index (χ4n) is 2.12. The molecule has 2 aromatic carbocycles. The number of hydrogen-bond donors (Lipinski definition) is 1. The van der Waals surface area contributed by atoms with Crippen LogP contribution >= 0.6 is 12.4 Å².